The van der Waals surface area contributed by atoms with Gasteiger partial charge in [0, 0.05) is 17.9 Å². The number of hydrogen-bond donors (Lipinski definition) is 0. The van der Waals surface area contributed by atoms with Gasteiger partial charge in [0.2, 0.25) is 0 Å². The number of rotatable bonds is 4. The highest BCUT2D eigenvalue weighted by atomic mass is 35.5. The molecule has 4 nitrogen and oxygen atoms in total. The number of sulfone groups is 1. The molecule has 114 valence electrons. The molecule has 3 rings (SSSR count). The Bertz CT molecular complexity index is 901. The SMILES string of the molecule is CC(c1ccc(Cl)nc1)S(=O)(=O)Cn1ccc2ccccc21. The molecule has 0 radical (unpaired) electrons. The maximum absolute atomic E-state index is 12.6. The van der Waals surface area contributed by atoms with Crippen LogP contribution in [0.5, 0.6) is 0 Å². The molecular formula is C16H15ClN2O2S. The number of nitrogens with zero attached hydrogens (tertiary/aromatic N) is 2. The zero-order chi connectivity index (χ0) is 15.7. The zero-order valence-corrected chi connectivity index (χ0v) is 13.6. The minimum absolute atomic E-state index is 0.0652. The molecule has 2 heterocycles. The third-order valence-electron chi connectivity index (χ3n) is 3.76. The third-order valence-corrected chi connectivity index (χ3v) is 5.97. The lowest BCUT2D eigenvalue weighted by Gasteiger charge is -2.14. The van der Waals surface area contributed by atoms with E-state index < -0.39 is 15.1 Å². The van der Waals surface area contributed by atoms with Crippen molar-refractivity contribution in [2.45, 2.75) is 18.1 Å². The van der Waals surface area contributed by atoms with E-state index in [1.807, 2.05) is 30.3 Å². The normalized spacial score (nSPS) is 13.4. The van der Waals surface area contributed by atoms with Crippen LogP contribution in [0.15, 0.2) is 54.9 Å². The van der Waals surface area contributed by atoms with Gasteiger partial charge in [0.05, 0.1) is 5.25 Å². The molecule has 1 atom stereocenters. The van der Waals surface area contributed by atoms with Gasteiger partial charge in [0.1, 0.15) is 11.0 Å². The van der Waals surface area contributed by atoms with Crippen molar-refractivity contribution < 1.29 is 8.42 Å². The van der Waals surface area contributed by atoms with E-state index in [0.29, 0.717) is 10.7 Å². The van der Waals surface area contributed by atoms with E-state index >= 15 is 0 Å². The summed E-state index contributed by atoms with van der Waals surface area (Å²) < 4.78 is 27.0. The minimum atomic E-state index is -3.36. The second kappa shape index (κ2) is 5.74. The molecule has 6 heteroatoms. The van der Waals surface area contributed by atoms with Crippen molar-refractivity contribution >= 4 is 32.3 Å². The van der Waals surface area contributed by atoms with Gasteiger partial charge in [-0.1, -0.05) is 35.9 Å². The number of halogens is 1. The quantitative estimate of drug-likeness (QED) is 0.681. The van der Waals surface area contributed by atoms with Crippen molar-refractivity contribution in [1.82, 2.24) is 9.55 Å². The lowest BCUT2D eigenvalue weighted by Crippen LogP contribution is -2.16. The van der Waals surface area contributed by atoms with Gasteiger partial charge in [0.25, 0.3) is 0 Å². The molecule has 0 aliphatic rings. The fourth-order valence-electron chi connectivity index (χ4n) is 2.39. The summed E-state index contributed by atoms with van der Waals surface area (Å²) in [5.41, 5.74) is 1.55. The summed E-state index contributed by atoms with van der Waals surface area (Å²) in [6, 6.07) is 12.9. The first-order valence-corrected chi connectivity index (χ1v) is 8.93. The van der Waals surface area contributed by atoms with E-state index in [0.717, 1.165) is 10.9 Å². The molecule has 0 saturated carbocycles. The lowest BCUT2D eigenvalue weighted by molar-refractivity contribution is 0.575. The van der Waals surface area contributed by atoms with E-state index in [2.05, 4.69) is 4.98 Å². The standard InChI is InChI=1S/C16H15ClN2O2S/c1-12(14-6-7-16(17)18-10-14)22(20,21)11-19-9-8-13-4-2-3-5-15(13)19/h2-10,12H,11H2,1H3. The fraction of sp³-hybridized carbons (Fsp3) is 0.188. The average Bonchev–Trinajstić information content (AvgIpc) is 2.90. The van der Waals surface area contributed by atoms with Crippen LogP contribution in [0.25, 0.3) is 10.9 Å². The van der Waals surface area contributed by atoms with E-state index in [1.54, 1.807) is 29.8 Å². The molecule has 0 amide bonds. The largest absolute Gasteiger partial charge is 0.333 e. The number of benzene rings is 1. The molecule has 0 saturated heterocycles. The fourth-order valence-corrected chi connectivity index (χ4v) is 3.90. The maximum Gasteiger partial charge on any atom is 0.175 e. The summed E-state index contributed by atoms with van der Waals surface area (Å²) in [7, 11) is -3.36. The highest BCUT2D eigenvalue weighted by Gasteiger charge is 2.23. The first-order valence-electron chi connectivity index (χ1n) is 6.84. The number of pyridine rings is 1. The Hall–Kier alpha value is -1.85. The predicted octanol–water partition coefficient (Wildman–Crippen LogP) is 3.82. The molecule has 3 aromatic rings. The van der Waals surface area contributed by atoms with Crippen molar-refractivity contribution in [2.75, 3.05) is 0 Å². The average molecular weight is 335 g/mol. The van der Waals surface area contributed by atoms with E-state index in [4.69, 9.17) is 11.6 Å². The smallest absolute Gasteiger partial charge is 0.175 e. The number of fused-ring (bicyclic) bond motifs is 1. The van der Waals surface area contributed by atoms with Gasteiger partial charge in [0.15, 0.2) is 9.84 Å². The van der Waals surface area contributed by atoms with Gasteiger partial charge in [-0.2, -0.15) is 0 Å². The first-order chi connectivity index (χ1) is 10.5. The van der Waals surface area contributed by atoms with Crippen LogP contribution in [-0.4, -0.2) is 18.0 Å². The molecule has 0 aliphatic heterocycles. The Balaban J connectivity index is 1.91. The Morgan fingerprint density at radius 1 is 1.18 bits per heavy atom. The second-order valence-electron chi connectivity index (χ2n) is 5.19. The van der Waals surface area contributed by atoms with Crippen LogP contribution in [-0.2, 0) is 15.7 Å². The lowest BCUT2D eigenvalue weighted by atomic mass is 10.2. The predicted molar refractivity (Wildman–Crippen MR) is 88.5 cm³/mol. The Morgan fingerprint density at radius 3 is 2.68 bits per heavy atom. The van der Waals surface area contributed by atoms with Gasteiger partial charge >= 0.3 is 0 Å². The molecule has 0 bridgehead atoms. The van der Waals surface area contributed by atoms with Crippen molar-refractivity contribution in [3.63, 3.8) is 0 Å². The van der Waals surface area contributed by atoms with Gasteiger partial charge in [-0.3, -0.25) is 0 Å². The van der Waals surface area contributed by atoms with E-state index in [9.17, 15) is 8.42 Å². The minimum Gasteiger partial charge on any atom is -0.333 e. The van der Waals surface area contributed by atoms with Gasteiger partial charge in [-0.25, -0.2) is 13.4 Å². The van der Waals surface area contributed by atoms with Gasteiger partial charge in [-0.05, 0) is 36.1 Å². The van der Waals surface area contributed by atoms with Crippen LogP contribution in [0.3, 0.4) is 0 Å². The molecule has 1 unspecified atom stereocenters. The van der Waals surface area contributed by atoms with Crippen LogP contribution >= 0.6 is 11.6 Å². The molecule has 2 aromatic heterocycles. The molecule has 22 heavy (non-hydrogen) atoms. The van der Waals surface area contributed by atoms with Gasteiger partial charge in [-0.15, -0.1) is 0 Å². The topological polar surface area (TPSA) is 52.0 Å². The highest BCUT2D eigenvalue weighted by molar-refractivity contribution is 7.90. The summed E-state index contributed by atoms with van der Waals surface area (Å²) >= 11 is 5.75. The Kier molecular flexibility index (Phi) is 3.93. The molecule has 0 aliphatic carbocycles. The molecule has 1 aromatic carbocycles. The molecule has 0 fully saturated rings. The highest BCUT2D eigenvalue weighted by Crippen LogP contribution is 2.25. The van der Waals surface area contributed by atoms with Crippen LogP contribution in [0.1, 0.15) is 17.7 Å². The first kappa shape index (κ1) is 15.1. The monoisotopic (exact) mass is 334 g/mol. The Labute approximate surface area is 134 Å². The number of aromatic nitrogens is 2. The van der Waals surface area contributed by atoms with Crippen LogP contribution < -0.4 is 0 Å². The third kappa shape index (κ3) is 2.87. The van der Waals surface area contributed by atoms with E-state index in [1.165, 1.54) is 6.20 Å². The summed E-state index contributed by atoms with van der Waals surface area (Å²) in [4.78, 5) is 3.95. The maximum atomic E-state index is 12.6. The van der Waals surface area contributed by atoms with Crippen LogP contribution in [0.4, 0.5) is 0 Å². The molecule has 0 N–H and O–H groups in total. The Morgan fingerprint density at radius 2 is 1.95 bits per heavy atom. The van der Waals surface area contributed by atoms with E-state index in [-0.39, 0.29) is 5.88 Å². The van der Waals surface area contributed by atoms with Crippen molar-refractivity contribution in [2.24, 2.45) is 0 Å². The second-order valence-corrected chi connectivity index (χ2v) is 7.87. The van der Waals surface area contributed by atoms with Crippen molar-refractivity contribution in [1.29, 1.82) is 0 Å². The van der Waals surface area contributed by atoms with Crippen molar-refractivity contribution in [3.05, 3.63) is 65.6 Å². The number of para-hydroxylation sites is 1. The zero-order valence-electron chi connectivity index (χ0n) is 12.0. The summed E-state index contributed by atoms with van der Waals surface area (Å²) in [5, 5.41) is 0.738. The number of hydrogen-bond acceptors (Lipinski definition) is 3. The van der Waals surface area contributed by atoms with Crippen LogP contribution in [0, 0.1) is 0 Å². The molecule has 0 spiro atoms. The summed E-state index contributed by atoms with van der Waals surface area (Å²) in [6.07, 6.45) is 3.31. The van der Waals surface area contributed by atoms with Crippen LogP contribution in [0.2, 0.25) is 5.15 Å². The molecular weight excluding hydrogens is 320 g/mol. The summed E-state index contributed by atoms with van der Waals surface area (Å²) in [5.74, 6) is -0.0652. The summed E-state index contributed by atoms with van der Waals surface area (Å²) in [6.45, 7) is 1.67. The van der Waals surface area contributed by atoms with Crippen molar-refractivity contribution in [3.8, 4) is 0 Å². The van der Waals surface area contributed by atoms with Gasteiger partial charge < -0.3 is 4.57 Å².